The van der Waals surface area contributed by atoms with Crippen molar-refractivity contribution >= 4 is 17.6 Å². The fourth-order valence-electron chi connectivity index (χ4n) is 4.86. The molecule has 1 aromatic carbocycles. The highest BCUT2D eigenvalue weighted by Crippen LogP contribution is 2.61. The lowest BCUT2D eigenvalue weighted by Crippen LogP contribution is -2.57. The first-order chi connectivity index (χ1) is 12.8. The average Bonchev–Trinajstić information content (AvgIpc) is 3.47. The van der Waals surface area contributed by atoms with Gasteiger partial charge in [0.15, 0.2) is 6.61 Å². The van der Waals surface area contributed by atoms with Crippen LogP contribution in [-0.4, -0.2) is 24.6 Å². The average molecular weight is 371 g/mol. The zero-order valence-electron chi connectivity index (χ0n) is 16.4. The van der Waals surface area contributed by atoms with Crippen LogP contribution in [0.15, 0.2) is 24.3 Å². The van der Waals surface area contributed by atoms with Crippen LogP contribution < -0.4 is 10.1 Å². The highest BCUT2D eigenvalue weighted by atomic mass is 16.6. The molecule has 2 bridgehead atoms. The molecule has 1 N–H and O–H groups in total. The van der Waals surface area contributed by atoms with Crippen LogP contribution in [0.1, 0.15) is 46.5 Å². The number of carbonyl (C=O) groups excluding carboxylic acids is 2. The van der Waals surface area contributed by atoms with E-state index >= 15 is 0 Å². The Morgan fingerprint density at radius 3 is 2.67 bits per heavy atom. The van der Waals surface area contributed by atoms with Crippen molar-refractivity contribution in [2.75, 3.05) is 11.9 Å². The summed E-state index contributed by atoms with van der Waals surface area (Å²) in [5, 5.41) is 2.89. The lowest BCUT2D eigenvalue weighted by atomic mass is 9.45. The highest BCUT2D eigenvalue weighted by molar-refractivity contribution is 5.94. The van der Waals surface area contributed by atoms with E-state index in [-0.39, 0.29) is 30.5 Å². The van der Waals surface area contributed by atoms with E-state index in [1.807, 2.05) is 12.1 Å². The number of esters is 1. The summed E-state index contributed by atoms with van der Waals surface area (Å²) in [6.45, 7) is 6.76. The Hall–Kier alpha value is -2.04. The summed E-state index contributed by atoms with van der Waals surface area (Å²) in [5.74, 6) is 2.14. The van der Waals surface area contributed by atoms with Crippen molar-refractivity contribution in [2.45, 2.75) is 52.6 Å². The normalized spacial score (nSPS) is 30.8. The van der Waals surface area contributed by atoms with Crippen LogP contribution in [0.5, 0.6) is 5.75 Å². The van der Waals surface area contributed by atoms with Gasteiger partial charge in [-0.15, -0.1) is 0 Å². The van der Waals surface area contributed by atoms with Gasteiger partial charge >= 0.3 is 5.97 Å². The maximum atomic E-state index is 12.3. The molecule has 0 aliphatic heterocycles. The minimum atomic E-state index is -0.321. The van der Waals surface area contributed by atoms with Gasteiger partial charge in [0.2, 0.25) is 5.91 Å². The number of amides is 1. The fraction of sp³-hybridized carbons (Fsp3) is 0.636. The van der Waals surface area contributed by atoms with E-state index in [1.165, 1.54) is 6.42 Å². The van der Waals surface area contributed by atoms with E-state index in [0.29, 0.717) is 34.6 Å². The standard InChI is InChI=1S/C22H29NO4/c1-13-18-9-15(22(18,2)3)10-19(13)27-20(24)12-26-17-6-4-5-16(11-17)23-21(25)14-7-8-14/h4-6,11,13-15,18-19H,7-10,12H2,1-3H3,(H,23,25). The summed E-state index contributed by atoms with van der Waals surface area (Å²) in [5.41, 5.74) is 1.07. The van der Waals surface area contributed by atoms with Gasteiger partial charge < -0.3 is 14.8 Å². The van der Waals surface area contributed by atoms with E-state index in [2.05, 4.69) is 26.1 Å². The number of carbonyl (C=O) groups is 2. The molecule has 4 fully saturated rings. The smallest absolute Gasteiger partial charge is 0.344 e. The number of rotatable bonds is 6. The third-order valence-electron chi connectivity index (χ3n) is 6.97. The second kappa shape index (κ2) is 6.84. The Kier molecular flexibility index (Phi) is 4.65. The number of fused-ring (bicyclic) bond motifs is 2. The van der Waals surface area contributed by atoms with Gasteiger partial charge in [0.25, 0.3) is 0 Å². The molecule has 4 aliphatic rings. The highest BCUT2D eigenvalue weighted by Gasteiger charge is 2.57. The summed E-state index contributed by atoms with van der Waals surface area (Å²) in [6, 6.07) is 7.15. The maximum Gasteiger partial charge on any atom is 0.344 e. The second-order valence-corrected chi connectivity index (χ2v) is 9.06. The van der Waals surface area contributed by atoms with Gasteiger partial charge in [-0.05, 0) is 61.0 Å². The predicted octanol–water partition coefficient (Wildman–Crippen LogP) is 4.03. The van der Waals surface area contributed by atoms with E-state index in [1.54, 1.807) is 12.1 Å². The summed E-state index contributed by atoms with van der Waals surface area (Å²) in [4.78, 5) is 24.1. The number of benzene rings is 1. The van der Waals surface area contributed by atoms with Gasteiger partial charge in [0.05, 0.1) is 0 Å². The van der Waals surface area contributed by atoms with Crippen LogP contribution in [0.2, 0.25) is 0 Å². The summed E-state index contributed by atoms with van der Waals surface area (Å²) in [7, 11) is 0. The molecule has 1 aromatic rings. The number of ether oxygens (including phenoxy) is 2. The molecule has 0 radical (unpaired) electrons. The molecule has 5 nitrogen and oxygen atoms in total. The van der Waals surface area contributed by atoms with Crippen LogP contribution in [0, 0.1) is 29.1 Å². The van der Waals surface area contributed by atoms with Crippen LogP contribution >= 0.6 is 0 Å². The van der Waals surface area contributed by atoms with Gasteiger partial charge in [0, 0.05) is 17.7 Å². The lowest BCUT2D eigenvalue weighted by molar-refractivity contribution is -0.187. The number of nitrogens with one attached hydrogen (secondary N) is 1. The Morgan fingerprint density at radius 2 is 2.00 bits per heavy atom. The SMILES string of the molecule is CC1C(OC(=O)COc2cccc(NC(=O)C3CC3)c2)CC2CC1C2(C)C. The fourth-order valence-corrected chi connectivity index (χ4v) is 4.86. The molecule has 0 spiro atoms. The topological polar surface area (TPSA) is 64.6 Å². The molecule has 0 saturated heterocycles. The van der Waals surface area contributed by atoms with Crippen molar-refractivity contribution in [3.8, 4) is 5.75 Å². The van der Waals surface area contributed by atoms with Crippen LogP contribution in [-0.2, 0) is 14.3 Å². The lowest BCUT2D eigenvalue weighted by Gasteiger charge is -2.61. The Labute approximate surface area is 160 Å². The summed E-state index contributed by atoms with van der Waals surface area (Å²) in [6.07, 6.45) is 4.15. The minimum absolute atomic E-state index is 0.00189. The molecule has 1 amide bonds. The van der Waals surface area contributed by atoms with Gasteiger partial charge in [-0.2, -0.15) is 0 Å². The number of anilines is 1. The molecule has 5 rings (SSSR count). The maximum absolute atomic E-state index is 12.3. The molecule has 0 heterocycles. The van der Waals surface area contributed by atoms with Crippen molar-refractivity contribution in [3.63, 3.8) is 0 Å². The molecule has 146 valence electrons. The molecule has 4 saturated carbocycles. The molecular formula is C22H29NO4. The van der Waals surface area contributed by atoms with E-state index in [0.717, 1.165) is 19.3 Å². The molecule has 4 atom stereocenters. The molecule has 0 aromatic heterocycles. The van der Waals surface area contributed by atoms with Crippen LogP contribution in [0.25, 0.3) is 0 Å². The molecular weight excluding hydrogens is 342 g/mol. The van der Waals surface area contributed by atoms with Gasteiger partial charge in [-0.25, -0.2) is 4.79 Å². The minimum Gasteiger partial charge on any atom is -0.482 e. The monoisotopic (exact) mass is 371 g/mol. The van der Waals surface area contributed by atoms with E-state index in [9.17, 15) is 9.59 Å². The third-order valence-corrected chi connectivity index (χ3v) is 6.97. The van der Waals surface area contributed by atoms with Crippen molar-refractivity contribution in [1.29, 1.82) is 0 Å². The number of hydrogen-bond acceptors (Lipinski definition) is 4. The largest absolute Gasteiger partial charge is 0.482 e. The zero-order chi connectivity index (χ0) is 19.2. The first kappa shape index (κ1) is 18.3. The zero-order valence-corrected chi connectivity index (χ0v) is 16.4. The quantitative estimate of drug-likeness (QED) is 0.767. The molecule has 4 unspecified atom stereocenters. The van der Waals surface area contributed by atoms with Gasteiger partial charge in [-0.3, -0.25) is 4.79 Å². The first-order valence-corrected chi connectivity index (χ1v) is 10.1. The third kappa shape index (κ3) is 3.69. The van der Waals surface area contributed by atoms with Crippen molar-refractivity contribution in [1.82, 2.24) is 0 Å². The Bertz CT molecular complexity index is 740. The molecule has 5 heteroatoms. The van der Waals surface area contributed by atoms with Crippen molar-refractivity contribution in [2.24, 2.45) is 29.1 Å². The van der Waals surface area contributed by atoms with Crippen LogP contribution in [0.4, 0.5) is 5.69 Å². The summed E-state index contributed by atoms with van der Waals surface area (Å²) >= 11 is 0. The van der Waals surface area contributed by atoms with Gasteiger partial charge in [-0.1, -0.05) is 26.8 Å². The Morgan fingerprint density at radius 1 is 1.22 bits per heavy atom. The van der Waals surface area contributed by atoms with Crippen LogP contribution in [0.3, 0.4) is 0 Å². The van der Waals surface area contributed by atoms with Gasteiger partial charge in [0.1, 0.15) is 11.9 Å². The second-order valence-electron chi connectivity index (χ2n) is 9.06. The first-order valence-electron chi connectivity index (χ1n) is 10.1. The Balaban J connectivity index is 1.26. The molecule has 4 aliphatic carbocycles. The summed E-state index contributed by atoms with van der Waals surface area (Å²) < 4.78 is 11.3. The molecule has 27 heavy (non-hydrogen) atoms. The number of hydrogen-bond donors (Lipinski definition) is 1. The van der Waals surface area contributed by atoms with E-state index in [4.69, 9.17) is 9.47 Å². The van der Waals surface area contributed by atoms with E-state index < -0.39 is 0 Å². The van der Waals surface area contributed by atoms with Crippen molar-refractivity contribution < 1.29 is 19.1 Å². The van der Waals surface area contributed by atoms with Crippen molar-refractivity contribution in [3.05, 3.63) is 24.3 Å². The predicted molar refractivity (Wildman–Crippen MR) is 102 cm³/mol.